The van der Waals surface area contributed by atoms with Crippen LogP contribution in [0.2, 0.25) is 0 Å². The summed E-state index contributed by atoms with van der Waals surface area (Å²) in [5.41, 5.74) is 2.10. The van der Waals surface area contributed by atoms with E-state index in [0.29, 0.717) is 26.2 Å². The van der Waals surface area contributed by atoms with Crippen molar-refractivity contribution in [3.05, 3.63) is 51.7 Å². The van der Waals surface area contributed by atoms with Gasteiger partial charge < -0.3 is 10.2 Å². The van der Waals surface area contributed by atoms with Gasteiger partial charge >= 0.3 is 6.03 Å². The van der Waals surface area contributed by atoms with Gasteiger partial charge in [0.05, 0.1) is 10.9 Å². The largest absolute Gasteiger partial charge is 0.331 e. The molecule has 2 amide bonds. The van der Waals surface area contributed by atoms with Crippen LogP contribution in [0, 0.1) is 0 Å². The van der Waals surface area contributed by atoms with E-state index in [1.54, 1.807) is 35.6 Å². The van der Waals surface area contributed by atoms with Crippen LogP contribution in [0.5, 0.6) is 0 Å². The molecule has 2 heterocycles. The van der Waals surface area contributed by atoms with E-state index in [1.807, 2.05) is 25.7 Å². The Labute approximate surface area is 171 Å². The van der Waals surface area contributed by atoms with Gasteiger partial charge in [-0.1, -0.05) is 26.0 Å². The Morgan fingerprint density at radius 2 is 1.89 bits per heavy atom. The number of rotatable bonds is 6. The zero-order valence-electron chi connectivity index (χ0n) is 16.5. The lowest BCUT2D eigenvalue weighted by molar-refractivity contribution is 0.189. The van der Waals surface area contributed by atoms with Gasteiger partial charge in [-0.05, 0) is 48.1 Å². The minimum atomic E-state index is -3.47. The number of carbonyl (C=O) groups excluding carboxylic acids is 1. The molecule has 0 bridgehead atoms. The molecule has 0 aliphatic carbocycles. The molecule has 1 aliphatic rings. The molecule has 8 heteroatoms. The summed E-state index contributed by atoms with van der Waals surface area (Å²) in [7, 11) is -3.47. The predicted octanol–water partition coefficient (Wildman–Crippen LogP) is 3.61. The number of thiophene rings is 1. The molecular formula is C20H27N3O3S2. The lowest BCUT2D eigenvalue weighted by Gasteiger charge is -2.28. The summed E-state index contributed by atoms with van der Waals surface area (Å²) in [5, 5.41) is 5.09. The zero-order valence-corrected chi connectivity index (χ0v) is 18.1. The minimum absolute atomic E-state index is 0.0933. The van der Waals surface area contributed by atoms with Crippen molar-refractivity contribution >= 4 is 27.4 Å². The summed E-state index contributed by atoms with van der Waals surface area (Å²) in [6.07, 6.45) is 0.896. The molecule has 0 saturated carbocycles. The molecule has 1 N–H and O–H groups in total. The third-order valence-corrected chi connectivity index (χ3v) is 8.25. The predicted molar refractivity (Wildman–Crippen MR) is 112 cm³/mol. The Bertz CT molecular complexity index is 918. The molecule has 152 valence electrons. The van der Waals surface area contributed by atoms with Gasteiger partial charge in [-0.25, -0.2) is 13.2 Å². The number of fused-ring (bicyclic) bond motifs is 1. The minimum Gasteiger partial charge on any atom is -0.331 e. The zero-order chi connectivity index (χ0) is 20.3. The second-order valence-corrected chi connectivity index (χ2v) is 9.81. The third kappa shape index (κ3) is 4.24. The highest BCUT2D eigenvalue weighted by Crippen LogP contribution is 2.25. The van der Waals surface area contributed by atoms with E-state index in [0.717, 1.165) is 12.0 Å². The number of benzene rings is 1. The van der Waals surface area contributed by atoms with Crippen molar-refractivity contribution in [2.24, 2.45) is 0 Å². The number of nitrogens with one attached hydrogen (secondary N) is 1. The molecule has 1 aromatic carbocycles. The smallest absolute Gasteiger partial charge is 0.318 e. The first-order valence-corrected chi connectivity index (χ1v) is 11.9. The highest BCUT2D eigenvalue weighted by atomic mass is 32.2. The van der Waals surface area contributed by atoms with Crippen LogP contribution in [0.4, 0.5) is 4.79 Å². The molecule has 0 saturated heterocycles. The molecule has 3 rings (SSSR count). The summed E-state index contributed by atoms with van der Waals surface area (Å²) >= 11 is 1.75. The lowest BCUT2D eigenvalue weighted by atomic mass is 10.1. The molecule has 2 aromatic rings. The second kappa shape index (κ2) is 8.63. The van der Waals surface area contributed by atoms with E-state index in [9.17, 15) is 13.2 Å². The van der Waals surface area contributed by atoms with Crippen molar-refractivity contribution < 1.29 is 13.2 Å². The fraction of sp³-hybridized carbons (Fsp3) is 0.450. The van der Waals surface area contributed by atoms with Crippen LogP contribution >= 0.6 is 11.3 Å². The Morgan fingerprint density at radius 3 is 2.54 bits per heavy atom. The van der Waals surface area contributed by atoms with Crippen molar-refractivity contribution in [2.45, 2.75) is 44.7 Å². The van der Waals surface area contributed by atoms with Crippen molar-refractivity contribution in [3.8, 4) is 0 Å². The molecule has 0 spiro atoms. The van der Waals surface area contributed by atoms with Gasteiger partial charge in [0, 0.05) is 31.1 Å². The number of nitrogens with zero attached hydrogens (tertiary/aromatic N) is 2. The number of sulfonamides is 1. The third-order valence-electron chi connectivity index (χ3n) is 5.16. The molecule has 1 atom stereocenters. The number of urea groups is 1. The molecule has 0 fully saturated rings. The molecule has 6 nitrogen and oxygen atoms in total. The average molecular weight is 422 g/mol. The van der Waals surface area contributed by atoms with Gasteiger partial charge in [0.25, 0.3) is 0 Å². The molecule has 1 unspecified atom stereocenters. The van der Waals surface area contributed by atoms with E-state index in [4.69, 9.17) is 0 Å². The van der Waals surface area contributed by atoms with Crippen LogP contribution in [0.25, 0.3) is 0 Å². The van der Waals surface area contributed by atoms with Crippen LogP contribution in [0.15, 0.2) is 40.6 Å². The monoisotopic (exact) mass is 421 g/mol. The number of carbonyl (C=O) groups is 1. The van der Waals surface area contributed by atoms with Crippen molar-refractivity contribution in [1.82, 2.24) is 14.5 Å². The van der Waals surface area contributed by atoms with Gasteiger partial charge in [0.15, 0.2) is 0 Å². The number of hydrogen-bond acceptors (Lipinski definition) is 4. The van der Waals surface area contributed by atoms with E-state index in [-0.39, 0.29) is 17.0 Å². The summed E-state index contributed by atoms with van der Waals surface area (Å²) < 4.78 is 26.6. The summed E-state index contributed by atoms with van der Waals surface area (Å²) in [6.45, 7) is 7.79. The summed E-state index contributed by atoms with van der Waals surface area (Å²) in [6, 6.07) is 8.56. The van der Waals surface area contributed by atoms with Gasteiger partial charge in [-0.2, -0.15) is 4.31 Å². The van der Waals surface area contributed by atoms with E-state index >= 15 is 0 Å². The maximum absolute atomic E-state index is 12.6. The Balaban J connectivity index is 1.65. The quantitative estimate of drug-likeness (QED) is 0.775. The molecular weight excluding hydrogens is 394 g/mol. The van der Waals surface area contributed by atoms with Crippen LogP contribution in [-0.2, 0) is 23.0 Å². The highest BCUT2D eigenvalue weighted by molar-refractivity contribution is 7.89. The van der Waals surface area contributed by atoms with Crippen LogP contribution < -0.4 is 5.32 Å². The van der Waals surface area contributed by atoms with Gasteiger partial charge in [0.1, 0.15) is 0 Å². The fourth-order valence-corrected chi connectivity index (χ4v) is 5.77. The van der Waals surface area contributed by atoms with Crippen LogP contribution in [0.1, 0.15) is 42.8 Å². The fourth-order valence-electron chi connectivity index (χ4n) is 3.42. The van der Waals surface area contributed by atoms with Crippen molar-refractivity contribution in [3.63, 3.8) is 0 Å². The maximum atomic E-state index is 12.6. The van der Waals surface area contributed by atoms with E-state index in [1.165, 1.54) is 14.7 Å². The SMILES string of the molecule is CCN(CC)S(=O)(=O)c1ccc(C(C)NC(=O)N2CCc3sccc3C2)cc1. The normalized spacial score (nSPS) is 15.4. The van der Waals surface area contributed by atoms with Crippen LogP contribution in [-0.4, -0.2) is 43.3 Å². The lowest BCUT2D eigenvalue weighted by Crippen LogP contribution is -2.43. The first kappa shape index (κ1) is 20.8. The topological polar surface area (TPSA) is 69.7 Å². The maximum Gasteiger partial charge on any atom is 0.318 e. The first-order chi connectivity index (χ1) is 13.4. The Hall–Kier alpha value is -1.90. The van der Waals surface area contributed by atoms with Gasteiger partial charge in [-0.3, -0.25) is 0 Å². The van der Waals surface area contributed by atoms with Crippen molar-refractivity contribution in [1.29, 1.82) is 0 Å². The average Bonchev–Trinajstić information content (AvgIpc) is 3.16. The van der Waals surface area contributed by atoms with Gasteiger partial charge in [-0.15, -0.1) is 11.3 Å². The summed E-state index contributed by atoms with van der Waals surface area (Å²) in [4.78, 5) is 16.1. The number of amides is 2. The molecule has 1 aromatic heterocycles. The van der Waals surface area contributed by atoms with Gasteiger partial charge in [0.2, 0.25) is 10.0 Å². The molecule has 28 heavy (non-hydrogen) atoms. The summed E-state index contributed by atoms with van der Waals surface area (Å²) in [5.74, 6) is 0. The van der Waals surface area contributed by atoms with Crippen molar-refractivity contribution in [2.75, 3.05) is 19.6 Å². The highest BCUT2D eigenvalue weighted by Gasteiger charge is 2.24. The Morgan fingerprint density at radius 1 is 1.21 bits per heavy atom. The number of hydrogen-bond donors (Lipinski definition) is 1. The molecule has 0 radical (unpaired) electrons. The van der Waals surface area contributed by atoms with Crippen LogP contribution in [0.3, 0.4) is 0 Å². The first-order valence-electron chi connectivity index (χ1n) is 9.57. The Kier molecular flexibility index (Phi) is 6.42. The van der Waals surface area contributed by atoms with E-state index < -0.39 is 10.0 Å². The van der Waals surface area contributed by atoms with E-state index in [2.05, 4.69) is 16.8 Å². The standard InChI is InChI=1S/C20H27N3O3S2/c1-4-23(5-2)28(25,26)18-8-6-16(7-9-18)15(3)21-20(24)22-12-10-19-17(14-22)11-13-27-19/h6-9,11,13,15H,4-5,10,12,14H2,1-3H3,(H,21,24). The molecule has 1 aliphatic heterocycles. The second-order valence-electron chi connectivity index (χ2n) is 6.87.